The van der Waals surface area contributed by atoms with Gasteiger partial charge < -0.3 is 4.90 Å². The van der Waals surface area contributed by atoms with Crippen LogP contribution in [0.15, 0.2) is 101 Å². The molecule has 2 aromatic heterocycles. The van der Waals surface area contributed by atoms with Gasteiger partial charge in [0.05, 0.1) is 11.3 Å². The number of aromatic nitrogens is 2. The van der Waals surface area contributed by atoms with Crippen molar-refractivity contribution in [1.82, 2.24) is 14.3 Å². The number of anilines is 1. The first-order valence-electron chi connectivity index (χ1n) is 11.9. The van der Waals surface area contributed by atoms with Crippen molar-refractivity contribution in [2.24, 2.45) is 4.99 Å². The summed E-state index contributed by atoms with van der Waals surface area (Å²) in [4.78, 5) is 16.3. The van der Waals surface area contributed by atoms with Crippen LogP contribution < -0.4 is 4.90 Å². The van der Waals surface area contributed by atoms with Gasteiger partial charge in [0, 0.05) is 48.4 Å². The van der Waals surface area contributed by atoms with Crippen LogP contribution in [0.4, 0.5) is 24.8 Å². The van der Waals surface area contributed by atoms with Gasteiger partial charge in [0.1, 0.15) is 11.0 Å². The second-order valence-corrected chi connectivity index (χ2v) is 10.1. The molecule has 38 heavy (non-hydrogen) atoms. The average molecular weight is 554 g/mol. The Hall–Kier alpha value is -3.40. The fraction of sp³-hybridized carbons (Fsp3) is 0.179. The van der Waals surface area contributed by atoms with E-state index in [1.165, 1.54) is 0 Å². The summed E-state index contributed by atoms with van der Waals surface area (Å²) in [6.45, 7) is 2.36. The highest BCUT2D eigenvalue weighted by Crippen LogP contribution is 2.33. The minimum atomic E-state index is -4.47. The number of piperazine rings is 1. The first kappa shape index (κ1) is 26.2. The molecule has 0 bridgehead atoms. The van der Waals surface area contributed by atoms with Crippen LogP contribution in [-0.2, 0) is 6.18 Å². The van der Waals surface area contributed by atoms with Gasteiger partial charge in [-0.2, -0.15) is 13.2 Å². The molecule has 1 aliphatic rings. The molecule has 194 valence electrons. The summed E-state index contributed by atoms with van der Waals surface area (Å²) in [6, 6.07) is 25.8. The molecule has 0 atom stereocenters. The van der Waals surface area contributed by atoms with Crippen molar-refractivity contribution in [3.63, 3.8) is 0 Å². The van der Waals surface area contributed by atoms with E-state index in [-0.39, 0.29) is 11.0 Å². The number of halogens is 4. The van der Waals surface area contributed by atoms with Gasteiger partial charge in [-0.15, -0.1) is 0 Å². The van der Waals surface area contributed by atoms with Crippen molar-refractivity contribution in [1.29, 1.82) is 0 Å². The lowest BCUT2D eigenvalue weighted by Crippen LogP contribution is -2.43. The zero-order valence-corrected chi connectivity index (χ0v) is 21.7. The van der Waals surface area contributed by atoms with E-state index in [0.717, 1.165) is 33.9 Å². The number of alkyl halides is 3. The maximum absolute atomic E-state index is 13.2. The van der Waals surface area contributed by atoms with E-state index in [1.807, 2.05) is 77.7 Å². The highest BCUT2D eigenvalue weighted by Gasteiger charge is 2.32. The summed E-state index contributed by atoms with van der Waals surface area (Å²) in [5, 5.41) is -0.164. The molecule has 10 heteroatoms. The molecule has 2 aromatic carbocycles. The van der Waals surface area contributed by atoms with Gasteiger partial charge in [-0.05, 0) is 36.2 Å². The molecule has 1 saturated heterocycles. The first-order valence-corrected chi connectivity index (χ1v) is 13.1. The van der Waals surface area contributed by atoms with E-state index in [9.17, 15) is 13.2 Å². The predicted octanol–water partition coefficient (Wildman–Crippen LogP) is 7.15. The largest absolute Gasteiger partial charge is 0.416 e. The van der Waals surface area contributed by atoms with E-state index in [1.54, 1.807) is 18.1 Å². The first-order chi connectivity index (χ1) is 18.3. The van der Waals surface area contributed by atoms with Crippen LogP contribution in [0.5, 0.6) is 0 Å². The standard InChI is InChI=1S/C28H23ClF3N5S/c29-24-17-22(28(30,31)32)18-26(34-24)36-13-15-37(16-14-36)38-23-11-12-25(33-19-23)35-27(20-7-3-1-4-8-20)21-9-5-2-6-10-21/h1-12,17-19H,13-16H2. The molecule has 4 aromatic rings. The smallest absolute Gasteiger partial charge is 0.354 e. The molecule has 5 nitrogen and oxygen atoms in total. The maximum Gasteiger partial charge on any atom is 0.416 e. The molecule has 0 radical (unpaired) electrons. The summed E-state index contributed by atoms with van der Waals surface area (Å²) in [6.07, 6.45) is -2.68. The number of hydrogen-bond acceptors (Lipinski definition) is 6. The lowest BCUT2D eigenvalue weighted by molar-refractivity contribution is -0.137. The van der Waals surface area contributed by atoms with Crippen molar-refractivity contribution in [3.05, 3.63) is 113 Å². The molecular weight excluding hydrogens is 531 g/mol. The Balaban J connectivity index is 1.24. The molecule has 0 N–H and O–H groups in total. The van der Waals surface area contributed by atoms with Crippen LogP contribution >= 0.6 is 23.5 Å². The minimum Gasteiger partial charge on any atom is -0.354 e. The Labute approximate surface area is 228 Å². The van der Waals surface area contributed by atoms with Crippen molar-refractivity contribution >= 4 is 40.9 Å². The van der Waals surface area contributed by atoms with Crippen LogP contribution in [0.1, 0.15) is 16.7 Å². The third-order valence-electron chi connectivity index (χ3n) is 5.95. The highest BCUT2D eigenvalue weighted by atomic mass is 35.5. The maximum atomic E-state index is 13.2. The SMILES string of the molecule is FC(F)(F)c1cc(Cl)nc(N2CCN(Sc3ccc(N=C(c4ccccc4)c4ccccc4)nc3)CC2)c1. The lowest BCUT2D eigenvalue weighted by Gasteiger charge is -2.34. The average Bonchev–Trinajstić information content (AvgIpc) is 2.93. The topological polar surface area (TPSA) is 44.6 Å². The summed E-state index contributed by atoms with van der Waals surface area (Å²) >= 11 is 7.42. The fourth-order valence-corrected chi connectivity index (χ4v) is 5.14. The molecule has 0 unspecified atom stereocenters. The number of pyridine rings is 2. The van der Waals surface area contributed by atoms with Crippen molar-refractivity contribution in [2.45, 2.75) is 11.1 Å². The third kappa shape index (κ3) is 6.53. The van der Waals surface area contributed by atoms with Crippen LogP contribution in [0.2, 0.25) is 5.15 Å². The monoisotopic (exact) mass is 553 g/mol. The fourth-order valence-electron chi connectivity index (χ4n) is 4.06. The number of aliphatic imine (C=N–C) groups is 1. The summed E-state index contributed by atoms with van der Waals surface area (Å²) in [7, 11) is 0. The molecule has 0 spiro atoms. The second kappa shape index (κ2) is 11.6. The van der Waals surface area contributed by atoms with Gasteiger partial charge >= 0.3 is 6.18 Å². The summed E-state index contributed by atoms with van der Waals surface area (Å²) in [5.41, 5.74) is 2.07. The van der Waals surface area contributed by atoms with Gasteiger partial charge in [0.15, 0.2) is 5.82 Å². The number of rotatable bonds is 6. The van der Waals surface area contributed by atoms with E-state index in [4.69, 9.17) is 16.6 Å². The molecule has 0 aliphatic carbocycles. The number of hydrogen-bond donors (Lipinski definition) is 0. The van der Waals surface area contributed by atoms with Crippen molar-refractivity contribution < 1.29 is 13.2 Å². The normalized spacial score (nSPS) is 14.4. The van der Waals surface area contributed by atoms with Crippen LogP contribution in [0.25, 0.3) is 0 Å². The van der Waals surface area contributed by atoms with Crippen molar-refractivity contribution in [2.75, 3.05) is 31.1 Å². The predicted molar refractivity (Wildman–Crippen MR) is 146 cm³/mol. The third-order valence-corrected chi connectivity index (χ3v) is 7.22. The van der Waals surface area contributed by atoms with Gasteiger partial charge in [-0.25, -0.2) is 19.3 Å². The molecule has 1 fully saturated rings. The van der Waals surface area contributed by atoms with Gasteiger partial charge in [0.2, 0.25) is 0 Å². The highest BCUT2D eigenvalue weighted by molar-refractivity contribution is 7.97. The molecule has 1 aliphatic heterocycles. The number of benzene rings is 2. The Morgan fingerprint density at radius 1 is 0.842 bits per heavy atom. The molecular formula is C28H23ClF3N5S. The Kier molecular flexibility index (Phi) is 7.97. The summed E-state index contributed by atoms with van der Waals surface area (Å²) in [5.74, 6) is 0.848. The van der Waals surface area contributed by atoms with E-state index in [0.29, 0.717) is 32.0 Å². The molecule has 0 amide bonds. The zero-order chi connectivity index (χ0) is 26.5. The molecule has 5 rings (SSSR count). The van der Waals surface area contributed by atoms with Crippen LogP contribution in [0, 0.1) is 0 Å². The minimum absolute atomic E-state index is 0.164. The van der Waals surface area contributed by atoms with E-state index < -0.39 is 11.7 Å². The second-order valence-electron chi connectivity index (χ2n) is 8.59. The Morgan fingerprint density at radius 3 is 2.03 bits per heavy atom. The lowest BCUT2D eigenvalue weighted by atomic mass is 10.0. The van der Waals surface area contributed by atoms with Gasteiger partial charge in [0.25, 0.3) is 0 Å². The van der Waals surface area contributed by atoms with Gasteiger partial charge in [-0.1, -0.05) is 72.3 Å². The van der Waals surface area contributed by atoms with Crippen LogP contribution in [-0.4, -0.2) is 46.2 Å². The Bertz CT molecular complexity index is 1350. The van der Waals surface area contributed by atoms with Gasteiger partial charge in [-0.3, -0.25) is 0 Å². The summed E-state index contributed by atoms with van der Waals surface area (Å²) < 4.78 is 41.6. The van der Waals surface area contributed by atoms with E-state index >= 15 is 0 Å². The van der Waals surface area contributed by atoms with Crippen LogP contribution in [0.3, 0.4) is 0 Å². The quantitative estimate of drug-likeness (QED) is 0.144. The zero-order valence-electron chi connectivity index (χ0n) is 20.1. The van der Waals surface area contributed by atoms with Crippen molar-refractivity contribution in [3.8, 4) is 0 Å². The number of nitrogens with zero attached hydrogens (tertiary/aromatic N) is 5. The molecule has 0 saturated carbocycles. The Morgan fingerprint density at radius 2 is 1.47 bits per heavy atom. The molecule has 3 heterocycles. The van der Waals surface area contributed by atoms with E-state index in [2.05, 4.69) is 14.3 Å².